The van der Waals surface area contributed by atoms with E-state index >= 15 is 0 Å². The second-order valence-electron chi connectivity index (χ2n) is 5.31. The molecule has 0 atom stereocenters. The van der Waals surface area contributed by atoms with Gasteiger partial charge in [0.05, 0.1) is 27.1 Å². The number of H-pyrrole nitrogens is 1. The van der Waals surface area contributed by atoms with Crippen LogP contribution in [0.3, 0.4) is 0 Å². The van der Waals surface area contributed by atoms with Gasteiger partial charge in [-0.25, -0.2) is 14.4 Å². The second kappa shape index (κ2) is 5.59. The number of halogens is 1. The number of nitrogens with one attached hydrogen (secondary N) is 1. The van der Waals surface area contributed by atoms with Crippen LogP contribution >= 0.6 is 11.3 Å². The molecule has 0 bridgehead atoms. The van der Waals surface area contributed by atoms with Crippen molar-refractivity contribution in [3.8, 4) is 22.5 Å². The first-order chi connectivity index (χ1) is 11.2. The molecule has 2 aromatic heterocycles. The minimum Gasteiger partial charge on any atom is -0.341 e. The minimum absolute atomic E-state index is 0.257. The zero-order chi connectivity index (χ0) is 15.8. The number of imidazole rings is 1. The number of hydrogen-bond donors (Lipinski definition) is 1. The summed E-state index contributed by atoms with van der Waals surface area (Å²) in [5.74, 6) is 0.635. The topological polar surface area (TPSA) is 41.6 Å². The van der Waals surface area contributed by atoms with Crippen LogP contribution in [0.1, 0.15) is 12.7 Å². The van der Waals surface area contributed by atoms with Crippen LogP contribution in [0.25, 0.3) is 32.7 Å². The number of nitrogens with zero attached hydrogens (tertiary/aromatic N) is 2. The molecule has 0 aliphatic rings. The third-order valence-corrected chi connectivity index (χ3v) is 4.60. The van der Waals surface area contributed by atoms with Gasteiger partial charge in [0.15, 0.2) is 0 Å². The van der Waals surface area contributed by atoms with Crippen molar-refractivity contribution in [1.29, 1.82) is 0 Å². The van der Waals surface area contributed by atoms with Crippen molar-refractivity contribution in [2.45, 2.75) is 13.3 Å². The van der Waals surface area contributed by atoms with Gasteiger partial charge in [0.2, 0.25) is 0 Å². The molecule has 0 saturated carbocycles. The second-order valence-corrected chi connectivity index (χ2v) is 6.19. The molecule has 0 aliphatic heterocycles. The van der Waals surface area contributed by atoms with E-state index in [0.29, 0.717) is 0 Å². The predicted octanol–water partition coefficient (Wildman–Crippen LogP) is 5.05. The molecule has 114 valence electrons. The highest BCUT2D eigenvalue weighted by Crippen LogP contribution is 2.33. The molecular weight excluding hydrogens is 309 g/mol. The van der Waals surface area contributed by atoms with Crippen molar-refractivity contribution < 1.29 is 4.39 Å². The van der Waals surface area contributed by atoms with Crippen LogP contribution in [0.15, 0.2) is 48.0 Å². The van der Waals surface area contributed by atoms with Gasteiger partial charge >= 0.3 is 0 Å². The molecule has 2 aromatic carbocycles. The monoisotopic (exact) mass is 323 g/mol. The lowest BCUT2D eigenvalue weighted by molar-refractivity contribution is 0.628. The van der Waals surface area contributed by atoms with Crippen molar-refractivity contribution in [3.63, 3.8) is 0 Å². The number of aromatic amines is 1. The Morgan fingerprint density at radius 1 is 1.13 bits per heavy atom. The Morgan fingerprint density at radius 3 is 2.87 bits per heavy atom. The van der Waals surface area contributed by atoms with Crippen molar-refractivity contribution in [2.75, 3.05) is 0 Å². The van der Waals surface area contributed by atoms with Gasteiger partial charge in [0.25, 0.3) is 0 Å². The van der Waals surface area contributed by atoms with Gasteiger partial charge < -0.3 is 4.98 Å². The van der Waals surface area contributed by atoms with Gasteiger partial charge in [-0.3, -0.25) is 0 Å². The number of aryl methyl sites for hydroxylation is 1. The number of aromatic nitrogens is 3. The number of thiazole rings is 1. The fourth-order valence-corrected chi connectivity index (χ4v) is 3.37. The Hall–Kier alpha value is -2.53. The van der Waals surface area contributed by atoms with Gasteiger partial charge in [-0.2, -0.15) is 0 Å². The van der Waals surface area contributed by atoms with Crippen LogP contribution in [0.2, 0.25) is 0 Å². The van der Waals surface area contributed by atoms with E-state index in [0.717, 1.165) is 45.0 Å². The molecule has 0 spiro atoms. The Balaban J connectivity index is 1.91. The summed E-state index contributed by atoms with van der Waals surface area (Å²) in [6.07, 6.45) is 0.797. The first-order valence-electron chi connectivity index (χ1n) is 7.43. The fourth-order valence-electron chi connectivity index (χ4n) is 2.65. The van der Waals surface area contributed by atoms with Gasteiger partial charge in [0.1, 0.15) is 11.6 Å². The zero-order valence-corrected chi connectivity index (χ0v) is 13.3. The van der Waals surface area contributed by atoms with E-state index in [1.807, 2.05) is 30.6 Å². The van der Waals surface area contributed by atoms with E-state index in [-0.39, 0.29) is 5.82 Å². The molecule has 0 saturated heterocycles. The number of rotatable bonds is 3. The average molecular weight is 323 g/mol. The number of hydrogen-bond acceptors (Lipinski definition) is 3. The third kappa shape index (κ3) is 2.53. The standard InChI is InChI=1S/C18H14FN3S/c1-2-16-21-17(11-4-3-5-13(19)8-11)18(22-16)12-6-7-14-15(9-12)23-10-20-14/h3-10H,2H2,1H3,(H,21,22). The van der Waals surface area contributed by atoms with Crippen molar-refractivity contribution in [2.24, 2.45) is 0 Å². The highest BCUT2D eigenvalue weighted by atomic mass is 32.1. The summed E-state index contributed by atoms with van der Waals surface area (Å²) in [4.78, 5) is 12.3. The highest BCUT2D eigenvalue weighted by molar-refractivity contribution is 7.16. The van der Waals surface area contributed by atoms with Crippen molar-refractivity contribution in [3.05, 3.63) is 59.6 Å². The minimum atomic E-state index is -0.257. The van der Waals surface area contributed by atoms with E-state index < -0.39 is 0 Å². The lowest BCUT2D eigenvalue weighted by Gasteiger charge is -2.04. The third-order valence-electron chi connectivity index (χ3n) is 3.81. The van der Waals surface area contributed by atoms with Crippen molar-refractivity contribution in [1.82, 2.24) is 15.0 Å². The lowest BCUT2D eigenvalue weighted by Crippen LogP contribution is -1.85. The SMILES string of the molecule is CCc1nc(-c2cccc(F)c2)c(-c2ccc3ncsc3c2)[nH]1. The van der Waals surface area contributed by atoms with E-state index in [4.69, 9.17) is 0 Å². The molecule has 5 heteroatoms. The van der Waals surface area contributed by atoms with Crippen LogP contribution in [0.5, 0.6) is 0 Å². The molecule has 0 fully saturated rings. The maximum atomic E-state index is 13.6. The molecule has 2 heterocycles. The lowest BCUT2D eigenvalue weighted by atomic mass is 10.0. The first-order valence-corrected chi connectivity index (χ1v) is 8.31. The molecule has 0 amide bonds. The van der Waals surface area contributed by atoms with E-state index in [2.05, 4.69) is 21.0 Å². The van der Waals surface area contributed by atoms with Gasteiger partial charge in [0, 0.05) is 17.5 Å². The smallest absolute Gasteiger partial charge is 0.123 e. The molecular formula is C18H14FN3S. The summed E-state index contributed by atoms with van der Waals surface area (Å²) < 4.78 is 14.7. The molecule has 1 N–H and O–H groups in total. The Labute approximate surface area is 136 Å². The zero-order valence-electron chi connectivity index (χ0n) is 12.5. The van der Waals surface area contributed by atoms with E-state index in [1.165, 1.54) is 12.1 Å². The summed E-state index contributed by atoms with van der Waals surface area (Å²) in [5.41, 5.74) is 6.34. The van der Waals surface area contributed by atoms with Gasteiger partial charge in [-0.15, -0.1) is 11.3 Å². The van der Waals surface area contributed by atoms with Crippen molar-refractivity contribution >= 4 is 21.6 Å². The Morgan fingerprint density at radius 2 is 2.04 bits per heavy atom. The maximum absolute atomic E-state index is 13.6. The van der Waals surface area contributed by atoms with Gasteiger partial charge in [-0.1, -0.05) is 25.1 Å². The molecule has 0 radical (unpaired) electrons. The number of benzene rings is 2. The quantitative estimate of drug-likeness (QED) is 0.573. The van der Waals surface area contributed by atoms with Crippen LogP contribution in [0.4, 0.5) is 4.39 Å². The molecule has 4 rings (SSSR count). The Bertz CT molecular complexity index is 987. The number of fused-ring (bicyclic) bond motifs is 1. The summed E-state index contributed by atoms with van der Waals surface area (Å²) in [6.45, 7) is 2.05. The molecule has 4 aromatic rings. The summed E-state index contributed by atoms with van der Waals surface area (Å²) in [7, 11) is 0. The first kappa shape index (κ1) is 14.1. The molecule has 3 nitrogen and oxygen atoms in total. The normalized spacial score (nSPS) is 11.2. The summed E-state index contributed by atoms with van der Waals surface area (Å²) >= 11 is 1.61. The van der Waals surface area contributed by atoms with Crippen LogP contribution in [0, 0.1) is 5.82 Å². The molecule has 0 aliphatic carbocycles. The largest absolute Gasteiger partial charge is 0.341 e. The molecule has 0 unspecified atom stereocenters. The predicted molar refractivity (Wildman–Crippen MR) is 92.0 cm³/mol. The summed E-state index contributed by atoms with van der Waals surface area (Å²) in [6, 6.07) is 12.7. The van der Waals surface area contributed by atoms with E-state index in [9.17, 15) is 4.39 Å². The fraction of sp³-hybridized carbons (Fsp3) is 0.111. The van der Waals surface area contributed by atoms with Crippen LogP contribution in [-0.4, -0.2) is 15.0 Å². The van der Waals surface area contributed by atoms with Crippen LogP contribution < -0.4 is 0 Å². The van der Waals surface area contributed by atoms with Crippen LogP contribution in [-0.2, 0) is 6.42 Å². The Kier molecular flexibility index (Phi) is 3.42. The van der Waals surface area contributed by atoms with Gasteiger partial charge in [-0.05, 0) is 24.3 Å². The molecule has 23 heavy (non-hydrogen) atoms. The highest BCUT2D eigenvalue weighted by Gasteiger charge is 2.14. The maximum Gasteiger partial charge on any atom is 0.123 e. The van der Waals surface area contributed by atoms with E-state index in [1.54, 1.807) is 17.4 Å². The average Bonchev–Trinajstić information content (AvgIpc) is 3.20. The summed E-state index contributed by atoms with van der Waals surface area (Å²) in [5, 5.41) is 0.